The Labute approximate surface area is 126 Å². The van der Waals surface area contributed by atoms with Crippen LogP contribution < -0.4 is 5.30 Å². The van der Waals surface area contributed by atoms with Crippen LogP contribution in [0.2, 0.25) is 5.02 Å². The molecule has 18 heavy (non-hydrogen) atoms. The topological polar surface area (TPSA) is 17.1 Å². The molecule has 88 valence electrons. The van der Waals surface area contributed by atoms with E-state index in [-0.39, 0.29) is 33.0 Å². The summed E-state index contributed by atoms with van der Waals surface area (Å²) >= 11 is 6.07. The van der Waals surface area contributed by atoms with Crippen LogP contribution in [0.15, 0.2) is 48.5 Å². The van der Waals surface area contributed by atoms with Gasteiger partial charge >= 0.3 is 18.9 Å². The molecule has 0 heterocycles. The molecule has 0 spiro atoms. The molecule has 0 aliphatic carbocycles. The molecule has 1 nitrogen and oxygen atoms in total. The van der Waals surface area contributed by atoms with Gasteiger partial charge in [-0.2, -0.15) is 0 Å². The molecular weight excluding hydrogens is 258 g/mol. The third-order valence-electron chi connectivity index (χ3n) is 2.48. The number of hydrogen-bond donors (Lipinski definition) is 0. The first-order valence-electron chi connectivity index (χ1n) is 5.30. The van der Waals surface area contributed by atoms with Gasteiger partial charge in [-0.05, 0) is 32.4 Å². The van der Waals surface area contributed by atoms with Gasteiger partial charge in [0, 0.05) is 5.56 Å². The van der Waals surface area contributed by atoms with Crippen LogP contribution in [0, 0.1) is 6.92 Å². The summed E-state index contributed by atoms with van der Waals surface area (Å²) < 4.78 is 0. The van der Waals surface area contributed by atoms with Crippen LogP contribution in [0.3, 0.4) is 0 Å². The van der Waals surface area contributed by atoms with Crippen molar-refractivity contribution in [2.75, 3.05) is 0 Å². The predicted molar refractivity (Wildman–Crippen MR) is 82.1 cm³/mol. The van der Waals surface area contributed by atoms with E-state index in [0.29, 0.717) is 10.6 Å². The second-order valence-corrected chi connectivity index (χ2v) is 5.44. The van der Waals surface area contributed by atoms with Crippen LogP contribution >= 0.6 is 20.2 Å². The Bertz CT molecular complexity index is 522. The molecule has 0 N–H and O–H groups in total. The average molecular weight is 271 g/mol. The van der Waals surface area contributed by atoms with Gasteiger partial charge in [-0.25, -0.2) is 0 Å². The second kappa shape index (κ2) is 7.12. The van der Waals surface area contributed by atoms with Crippen molar-refractivity contribution in [3.05, 3.63) is 64.7 Å². The van der Waals surface area contributed by atoms with Crippen molar-refractivity contribution in [1.82, 2.24) is 0 Å². The molecule has 2 aromatic carbocycles. The van der Waals surface area contributed by atoms with Gasteiger partial charge in [-0.15, -0.1) is 0 Å². The fourth-order valence-corrected chi connectivity index (χ4v) is 3.10. The number of benzene rings is 2. The Morgan fingerprint density at radius 1 is 1.06 bits per heavy atom. The molecule has 0 aromatic heterocycles. The minimum atomic E-state index is 0. The Balaban J connectivity index is 0.00000162. The van der Waals surface area contributed by atoms with Crippen molar-refractivity contribution in [3.63, 3.8) is 0 Å². The molecule has 0 fully saturated rings. The number of halogens is 1. The third-order valence-corrected chi connectivity index (χ3v) is 3.89. The van der Waals surface area contributed by atoms with Crippen LogP contribution in [0.4, 0.5) is 0 Å². The molecule has 0 aliphatic heterocycles. The van der Waals surface area contributed by atoms with E-state index in [1.807, 2.05) is 49.4 Å². The van der Waals surface area contributed by atoms with Gasteiger partial charge in [0.05, 0.1) is 5.02 Å². The van der Waals surface area contributed by atoms with Crippen molar-refractivity contribution in [2.45, 2.75) is 6.92 Å². The zero-order valence-corrected chi connectivity index (χ0v) is 11.2. The van der Waals surface area contributed by atoms with E-state index in [1.165, 1.54) is 0 Å². The summed E-state index contributed by atoms with van der Waals surface area (Å²) in [4.78, 5) is 12.2. The van der Waals surface area contributed by atoms with Gasteiger partial charge in [0.2, 0.25) is 0 Å². The molecule has 1 unspecified atom stereocenters. The van der Waals surface area contributed by atoms with Gasteiger partial charge < -0.3 is 0 Å². The van der Waals surface area contributed by atoms with E-state index in [9.17, 15) is 4.79 Å². The molecule has 0 bridgehead atoms. The van der Waals surface area contributed by atoms with Crippen LogP contribution in [0.25, 0.3) is 0 Å². The van der Waals surface area contributed by atoms with Crippen molar-refractivity contribution in [2.24, 2.45) is 0 Å². The molecule has 1 atom stereocenters. The van der Waals surface area contributed by atoms with E-state index in [2.05, 4.69) is 0 Å². The maximum absolute atomic E-state index is 12.2. The average Bonchev–Trinajstić information content (AvgIpc) is 2.30. The molecule has 4 heteroatoms. The Kier molecular flexibility index (Phi) is 6.13. The molecule has 0 amide bonds. The second-order valence-electron chi connectivity index (χ2n) is 3.75. The summed E-state index contributed by atoms with van der Waals surface area (Å²) in [7, 11) is 0.125. The Morgan fingerprint density at radius 2 is 1.72 bits per heavy atom. The Hall–Kier alpha value is -0.573. The van der Waals surface area contributed by atoms with E-state index >= 15 is 0 Å². The molecule has 0 aliphatic rings. The number of carbonyl (C=O) groups is 1. The van der Waals surface area contributed by atoms with E-state index in [1.54, 1.807) is 6.07 Å². The molecule has 2 aromatic rings. The van der Waals surface area contributed by atoms with Gasteiger partial charge in [-0.1, -0.05) is 54.1 Å². The Morgan fingerprint density at radius 3 is 2.33 bits per heavy atom. The molecule has 0 saturated carbocycles. The summed E-state index contributed by atoms with van der Waals surface area (Å²) in [6.07, 6.45) is 0. The zero-order chi connectivity index (χ0) is 12.3. The minimum absolute atomic E-state index is 0. The first kappa shape index (κ1) is 15.5. The molecule has 0 radical (unpaired) electrons. The van der Waals surface area contributed by atoms with Gasteiger partial charge in [-0.3, -0.25) is 4.79 Å². The normalized spacial score (nSPS) is 10.3. The molecule has 2 rings (SSSR count). The fraction of sp³-hybridized carbons (Fsp3) is 0.0714. The van der Waals surface area contributed by atoms with Crippen LogP contribution in [0.1, 0.15) is 15.9 Å². The van der Waals surface area contributed by atoms with Crippen molar-refractivity contribution in [3.8, 4) is 0 Å². The number of carbonyl (C=O) groups excluding carboxylic acids is 1. The summed E-state index contributed by atoms with van der Waals surface area (Å²) in [5.74, 6) is 0. The van der Waals surface area contributed by atoms with E-state index in [4.69, 9.17) is 11.6 Å². The standard InChI is InChI=1S/C14H12ClOP.Li.H/c1-10-6-5-9-12(15)13(10)14(16)17-11-7-3-2-4-8-11;;/h2-9,17H,1H3;;. The number of aryl methyl sites for hydroxylation is 1. The van der Waals surface area contributed by atoms with E-state index < -0.39 is 0 Å². The van der Waals surface area contributed by atoms with Crippen LogP contribution in [-0.4, -0.2) is 24.4 Å². The van der Waals surface area contributed by atoms with Crippen molar-refractivity contribution in [1.29, 1.82) is 0 Å². The monoisotopic (exact) mass is 270 g/mol. The summed E-state index contributed by atoms with van der Waals surface area (Å²) in [6.45, 7) is 1.91. The SMILES string of the molecule is Cc1cccc(Cl)c1C(=O)Pc1ccccc1.[LiH]. The first-order chi connectivity index (χ1) is 8.18. The van der Waals surface area contributed by atoms with Crippen molar-refractivity contribution < 1.29 is 4.79 Å². The van der Waals surface area contributed by atoms with E-state index in [0.717, 1.165) is 10.9 Å². The quantitative estimate of drug-likeness (QED) is 0.619. The predicted octanol–water partition coefficient (Wildman–Crippen LogP) is 3.14. The van der Waals surface area contributed by atoms with Crippen molar-refractivity contribution >= 4 is 49.9 Å². The molecular formula is C14H13ClLiOP. The van der Waals surface area contributed by atoms with Crippen LogP contribution in [-0.2, 0) is 0 Å². The number of rotatable bonds is 3. The fourth-order valence-electron chi connectivity index (χ4n) is 1.63. The zero-order valence-electron chi connectivity index (χ0n) is 9.41. The summed E-state index contributed by atoms with van der Waals surface area (Å²) in [6, 6.07) is 15.3. The van der Waals surface area contributed by atoms with Gasteiger partial charge in [0.1, 0.15) is 0 Å². The summed E-state index contributed by atoms with van der Waals surface area (Å²) in [5.41, 5.74) is 1.68. The van der Waals surface area contributed by atoms with Gasteiger partial charge in [0.15, 0.2) is 5.52 Å². The molecule has 0 saturated heterocycles. The third kappa shape index (κ3) is 3.71. The maximum atomic E-state index is 12.2. The van der Waals surface area contributed by atoms with Crippen LogP contribution in [0.5, 0.6) is 0 Å². The first-order valence-corrected chi connectivity index (χ1v) is 6.68. The van der Waals surface area contributed by atoms with Gasteiger partial charge in [0.25, 0.3) is 0 Å². The summed E-state index contributed by atoms with van der Waals surface area (Å²) in [5, 5.41) is 1.58. The number of hydrogen-bond acceptors (Lipinski definition) is 1.